The number of ether oxygens (including phenoxy) is 1. The molecule has 6 nitrogen and oxygen atoms in total. The van der Waals surface area contributed by atoms with E-state index in [4.69, 9.17) is 4.74 Å². The van der Waals surface area contributed by atoms with Crippen LogP contribution >= 0.6 is 0 Å². The highest BCUT2D eigenvalue weighted by atomic mass is 16.6. The molecule has 0 spiro atoms. The number of carbonyl (C=O) groups excluding carboxylic acids is 3. The van der Waals surface area contributed by atoms with Crippen molar-refractivity contribution in [1.82, 2.24) is 10.6 Å². The average Bonchev–Trinajstić information content (AvgIpc) is 3.72. The Morgan fingerprint density at radius 2 is 1.69 bits per heavy atom. The number of esters is 1. The van der Waals surface area contributed by atoms with Gasteiger partial charge in [0.05, 0.1) is 0 Å². The summed E-state index contributed by atoms with van der Waals surface area (Å²) in [7, 11) is 0. The molecule has 0 aromatic heterocycles. The molecule has 7 unspecified atom stereocenters. The van der Waals surface area contributed by atoms with Crippen LogP contribution in [0.15, 0.2) is 72.8 Å². The maximum atomic E-state index is 13.4. The molecular formula is C33H38N2O4. The second-order valence-corrected chi connectivity index (χ2v) is 11.3. The van der Waals surface area contributed by atoms with Crippen LogP contribution in [0.25, 0.3) is 10.8 Å². The third-order valence-corrected chi connectivity index (χ3v) is 8.75. The van der Waals surface area contributed by atoms with Gasteiger partial charge in [-0.15, -0.1) is 0 Å². The van der Waals surface area contributed by atoms with Crippen molar-refractivity contribution < 1.29 is 19.1 Å². The first kappa shape index (κ1) is 26.9. The van der Waals surface area contributed by atoms with Crippen molar-refractivity contribution >= 4 is 28.6 Å². The van der Waals surface area contributed by atoms with Crippen molar-refractivity contribution in [3.05, 3.63) is 83.9 Å². The van der Waals surface area contributed by atoms with Gasteiger partial charge in [-0.25, -0.2) is 0 Å². The Morgan fingerprint density at radius 1 is 0.974 bits per heavy atom. The van der Waals surface area contributed by atoms with Gasteiger partial charge in [-0.2, -0.15) is 0 Å². The van der Waals surface area contributed by atoms with E-state index in [2.05, 4.69) is 29.7 Å². The number of amides is 2. The van der Waals surface area contributed by atoms with Crippen LogP contribution in [0, 0.1) is 23.7 Å². The molecular weight excluding hydrogens is 488 g/mol. The number of carbonyl (C=O) groups is 3. The topological polar surface area (TPSA) is 84.5 Å². The first-order valence-electron chi connectivity index (χ1n) is 14.2. The van der Waals surface area contributed by atoms with Crippen LogP contribution in [0.2, 0.25) is 0 Å². The molecule has 2 fully saturated rings. The van der Waals surface area contributed by atoms with E-state index in [0.29, 0.717) is 5.56 Å². The number of rotatable bonds is 11. The smallest absolute Gasteiger partial charge is 0.314 e. The van der Waals surface area contributed by atoms with Crippen LogP contribution < -0.4 is 10.6 Å². The van der Waals surface area contributed by atoms with Gasteiger partial charge in [0.1, 0.15) is 5.92 Å². The van der Waals surface area contributed by atoms with Crippen molar-refractivity contribution in [3.8, 4) is 0 Å². The molecule has 0 bridgehead atoms. The standard InChI is InChI=1S/C33H38N2O4/c1-4-20(2)29-30(39-33(29)38)32(37)35-28-19-26(28)21(3)27(17-14-22-10-6-5-7-11-22)34-31(36)25-16-15-23-12-8-9-13-24(23)18-25/h5-13,15-16,18,20-21,26-30H,4,14,17,19H2,1-3H3,(H,34,36)(H,35,37). The summed E-state index contributed by atoms with van der Waals surface area (Å²) >= 11 is 0. The molecule has 3 aromatic carbocycles. The van der Waals surface area contributed by atoms with Gasteiger partial charge in [0.15, 0.2) is 6.10 Å². The molecule has 1 saturated carbocycles. The zero-order chi connectivity index (χ0) is 27.5. The predicted molar refractivity (Wildman–Crippen MR) is 152 cm³/mol. The Kier molecular flexibility index (Phi) is 8.01. The zero-order valence-electron chi connectivity index (χ0n) is 22.9. The van der Waals surface area contributed by atoms with Gasteiger partial charge in [0, 0.05) is 17.6 Å². The van der Waals surface area contributed by atoms with Crippen LogP contribution in [0.4, 0.5) is 0 Å². The zero-order valence-corrected chi connectivity index (χ0v) is 22.9. The highest BCUT2D eigenvalue weighted by Crippen LogP contribution is 2.41. The second kappa shape index (κ2) is 11.6. The highest BCUT2D eigenvalue weighted by Gasteiger charge is 2.52. The van der Waals surface area contributed by atoms with Gasteiger partial charge in [0.2, 0.25) is 0 Å². The van der Waals surface area contributed by atoms with Crippen molar-refractivity contribution in [2.75, 3.05) is 0 Å². The maximum absolute atomic E-state index is 13.4. The summed E-state index contributed by atoms with van der Waals surface area (Å²) in [5.41, 5.74) is 1.88. The fraction of sp³-hybridized carbons (Fsp3) is 0.424. The lowest BCUT2D eigenvalue weighted by Gasteiger charge is -2.37. The van der Waals surface area contributed by atoms with Gasteiger partial charge in [-0.3, -0.25) is 14.4 Å². The van der Waals surface area contributed by atoms with Crippen molar-refractivity contribution in [2.24, 2.45) is 23.7 Å². The normalized spacial score (nSPS) is 24.1. The molecule has 1 aliphatic carbocycles. The Labute approximate surface area is 230 Å². The Hall–Kier alpha value is -3.67. The predicted octanol–water partition coefficient (Wildman–Crippen LogP) is 5.30. The molecule has 1 aliphatic heterocycles. The number of hydrogen-bond acceptors (Lipinski definition) is 4. The minimum Gasteiger partial charge on any atom is -0.451 e. The number of aryl methyl sites for hydroxylation is 1. The van der Waals surface area contributed by atoms with E-state index in [1.807, 2.05) is 74.5 Å². The highest BCUT2D eigenvalue weighted by molar-refractivity contribution is 5.98. The van der Waals surface area contributed by atoms with Gasteiger partial charge in [0.25, 0.3) is 11.8 Å². The fourth-order valence-electron chi connectivity index (χ4n) is 5.87. The van der Waals surface area contributed by atoms with Crippen molar-refractivity contribution in [2.45, 2.75) is 64.6 Å². The van der Waals surface area contributed by atoms with E-state index < -0.39 is 6.10 Å². The van der Waals surface area contributed by atoms with E-state index >= 15 is 0 Å². The van der Waals surface area contributed by atoms with E-state index in [0.717, 1.165) is 36.5 Å². The summed E-state index contributed by atoms with van der Waals surface area (Å²) in [6.07, 6.45) is 2.65. The van der Waals surface area contributed by atoms with Gasteiger partial charge in [-0.05, 0) is 65.5 Å². The van der Waals surface area contributed by atoms with E-state index in [1.54, 1.807) is 0 Å². The molecule has 2 aliphatic rings. The van der Waals surface area contributed by atoms with Crippen LogP contribution in [0.3, 0.4) is 0 Å². The number of benzene rings is 3. The first-order valence-corrected chi connectivity index (χ1v) is 14.2. The molecule has 3 aromatic rings. The Morgan fingerprint density at radius 3 is 2.41 bits per heavy atom. The lowest BCUT2D eigenvalue weighted by atomic mass is 9.83. The van der Waals surface area contributed by atoms with Crippen molar-refractivity contribution in [3.63, 3.8) is 0 Å². The molecule has 39 heavy (non-hydrogen) atoms. The number of fused-ring (bicyclic) bond motifs is 1. The Bertz CT molecular complexity index is 1340. The minimum absolute atomic E-state index is 0.0289. The fourth-order valence-corrected chi connectivity index (χ4v) is 5.87. The molecule has 2 amide bonds. The SMILES string of the molecule is CCC(C)C1C(=O)OC1C(=O)NC1CC1C(C)C(CCc1ccccc1)NC(=O)c1ccc2ccccc2c1. The molecule has 6 heteroatoms. The lowest BCUT2D eigenvalue weighted by molar-refractivity contribution is -0.193. The van der Waals surface area contributed by atoms with E-state index in [-0.39, 0.29) is 53.5 Å². The Balaban J connectivity index is 1.25. The van der Waals surface area contributed by atoms with Gasteiger partial charge in [-0.1, -0.05) is 87.9 Å². The average molecular weight is 527 g/mol. The largest absolute Gasteiger partial charge is 0.451 e. The van der Waals surface area contributed by atoms with Crippen LogP contribution in [0.1, 0.15) is 56.0 Å². The van der Waals surface area contributed by atoms with E-state index in [9.17, 15) is 14.4 Å². The molecule has 5 rings (SSSR count). The summed E-state index contributed by atoms with van der Waals surface area (Å²) in [4.78, 5) is 38.2. The summed E-state index contributed by atoms with van der Waals surface area (Å²) < 4.78 is 5.22. The molecule has 204 valence electrons. The third-order valence-electron chi connectivity index (χ3n) is 8.75. The van der Waals surface area contributed by atoms with Crippen LogP contribution in [0.5, 0.6) is 0 Å². The van der Waals surface area contributed by atoms with Crippen LogP contribution in [-0.2, 0) is 20.7 Å². The van der Waals surface area contributed by atoms with E-state index in [1.165, 1.54) is 5.56 Å². The second-order valence-electron chi connectivity index (χ2n) is 11.3. The summed E-state index contributed by atoms with van der Waals surface area (Å²) in [5.74, 6) is -0.372. The van der Waals surface area contributed by atoms with Gasteiger partial charge < -0.3 is 15.4 Å². The number of cyclic esters (lactones) is 1. The monoisotopic (exact) mass is 526 g/mol. The number of hydrogen-bond donors (Lipinski definition) is 2. The molecule has 2 N–H and O–H groups in total. The molecule has 1 heterocycles. The first-order chi connectivity index (χ1) is 18.9. The molecule has 0 radical (unpaired) electrons. The van der Waals surface area contributed by atoms with Crippen LogP contribution in [-0.4, -0.2) is 36.0 Å². The minimum atomic E-state index is -0.689. The third kappa shape index (κ3) is 6.00. The molecule has 1 saturated heterocycles. The summed E-state index contributed by atoms with van der Waals surface area (Å²) in [6.45, 7) is 6.17. The van der Waals surface area contributed by atoms with Crippen molar-refractivity contribution in [1.29, 1.82) is 0 Å². The maximum Gasteiger partial charge on any atom is 0.314 e. The summed E-state index contributed by atoms with van der Waals surface area (Å²) in [5, 5.41) is 8.59. The quantitative estimate of drug-likeness (QED) is 0.332. The van der Waals surface area contributed by atoms with Gasteiger partial charge >= 0.3 is 5.97 Å². The summed E-state index contributed by atoms with van der Waals surface area (Å²) in [6, 6.07) is 24.1. The molecule has 7 atom stereocenters. The number of nitrogens with one attached hydrogen (secondary N) is 2. The lowest BCUT2D eigenvalue weighted by Crippen LogP contribution is -2.56.